The Labute approximate surface area is 124 Å². The second-order valence-electron chi connectivity index (χ2n) is 4.25. The zero-order valence-electron chi connectivity index (χ0n) is 10.4. The summed E-state index contributed by atoms with van der Waals surface area (Å²) in [7, 11) is 1.56. The van der Waals surface area contributed by atoms with E-state index in [1.165, 1.54) is 0 Å². The highest BCUT2D eigenvalue weighted by Gasteiger charge is 2.13. The molecule has 1 aromatic heterocycles. The van der Waals surface area contributed by atoms with Crippen LogP contribution in [-0.2, 0) is 0 Å². The molecule has 3 aromatic rings. The standard InChI is InChI=1S/C14H10Cl2N2O2/c1-20-8-2-3-12(19)9(6-8)14-17-11-5-7(15)4-10(16)13(11)18-14/h2-6,19H,1H3,(H,17,18). The van der Waals surface area contributed by atoms with Crippen LogP contribution >= 0.6 is 23.2 Å². The molecular formula is C14H10Cl2N2O2. The number of phenols is 1. The molecule has 0 unspecified atom stereocenters. The van der Waals surface area contributed by atoms with E-state index in [4.69, 9.17) is 27.9 Å². The van der Waals surface area contributed by atoms with E-state index in [-0.39, 0.29) is 5.75 Å². The van der Waals surface area contributed by atoms with Crippen LogP contribution in [0.5, 0.6) is 11.5 Å². The van der Waals surface area contributed by atoms with Crippen molar-refractivity contribution in [2.45, 2.75) is 0 Å². The van der Waals surface area contributed by atoms with Crippen LogP contribution in [0.2, 0.25) is 10.0 Å². The van der Waals surface area contributed by atoms with Gasteiger partial charge in [0.05, 0.1) is 23.2 Å². The Morgan fingerprint density at radius 2 is 2.00 bits per heavy atom. The van der Waals surface area contributed by atoms with Crippen LogP contribution in [0, 0.1) is 0 Å². The molecule has 0 saturated carbocycles. The number of rotatable bonds is 2. The van der Waals surface area contributed by atoms with Gasteiger partial charge in [-0.3, -0.25) is 0 Å². The fourth-order valence-electron chi connectivity index (χ4n) is 2.00. The van der Waals surface area contributed by atoms with Crippen molar-refractivity contribution in [2.75, 3.05) is 7.11 Å². The third-order valence-electron chi connectivity index (χ3n) is 2.96. The maximum Gasteiger partial charge on any atom is 0.142 e. The zero-order chi connectivity index (χ0) is 14.3. The van der Waals surface area contributed by atoms with E-state index >= 15 is 0 Å². The topological polar surface area (TPSA) is 58.1 Å². The summed E-state index contributed by atoms with van der Waals surface area (Å²) in [5.74, 6) is 1.23. The Morgan fingerprint density at radius 3 is 2.75 bits per heavy atom. The molecule has 2 aromatic carbocycles. The van der Waals surface area contributed by atoms with Gasteiger partial charge in [0.2, 0.25) is 0 Å². The van der Waals surface area contributed by atoms with Crippen LogP contribution < -0.4 is 4.74 Å². The highest BCUT2D eigenvalue weighted by atomic mass is 35.5. The summed E-state index contributed by atoms with van der Waals surface area (Å²) in [4.78, 5) is 7.49. The number of H-pyrrole nitrogens is 1. The van der Waals surface area contributed by atoms with E-state index < -0.39 is 0 Å². The number of nitrogens with one attached hydrogen (secondary N) is 1. The number of methoxy groups -OCH3 is 1. The van der Waals surface area contributed by atoms with Crippen molar-refractivity contribution in [1.82, 2.24) is 9.97 Å². The number of aromatic hydroxyl groups is 1. The van der Waals surface area contributed by atoms with Crippen molar-refractivity contribution in [3.8, 4) is 22.9 Å². The maximum atomic E-state index is 9.96. The number of hydrogen-bond donors (Lipinski definition) is 2. The summed E-state index contributed by atoms with van der Waals surface area (Å²) in [6.45, 7) is 0. The fraction of sp³-hybridized carbons (Fsp3) is 0.0714. The summed E-state index contributed by atoms with van der Waals surface area (Å²) in [6, 6.07) is 8.28. The molecule has 0 atom stereocenters. The van der Waals surface area contributed by atoms with E-state index in [0.29, 0.717) is 38.2 Å². The van der Waals surface area contributed by atoms with Gasteiger partial charge in [-0.05, 0) is 30.3 Å². The first-order valence-corrected chi connectivity index (χ1v) is 6.56. The number of aromatic nitrogens is 2. The quantitative estimate of drug-likeness (QED) is 0.744. The second kappa shape index (κ2) is 4.89. The first-order chi connectivity index (χ1) is 9.58. The summed E-state index contributed by atoms with van der Waals surface area (Å²) < 4.78 is 5.15. The lowest BCUT2D eigenvalue weighted by Gasteiger charge is -2.04. The first-order valence-electron chi connectivity index (χ1n) is 5.80. The van der Waals surface area contributed by atoms with Crippen LogP contribution in [0.3, 0.4) is 0 Å². The molecule has 0 aliphatic heterocycles. The van der Waals surface area contributed by atoms with Gasteiger partial charge in [-0.1, -0.05) is 23.2 Å². The van der Waals surface area contributed by atoms with Crippen molar-refractivity contribution in [1.29, 1.82) is 0 Å². The highest BCUT2D eigenvalue weighted by molar-refractivity contribution is 6.38. The average molecular weight is 309 g/mol. The molecule has 4 nitrogen and oxygen atoms in total. The summed E-state index contributed by atoms with van der Waals surface area (Å²) in [5, 5.41) is 10.9. The molecule has 0 aliphatic rings. The van der Waals surface area contributed by atoms with Gasteiger partial charge in [-0.25, -0.2) is 4.98 Å². The highest BCUT2D eigenvalue weighted by Crippen LogP contribution is 2.34. The molecular weight excluding hydrogens is 299 g/mol. The molecule has 0 spiro atoms. The van der Waals surface area contributed by atoms with Crippen molar-refractivity contribution in [2.24, 2.45) is 0 Å². The number of hydrogen-bond acceptors (Lipinski definition) is 3. The van der Waals surface area contributed by atoms with Crippen LogP contribution in [0.4, 0.5) is 0 Å². The summed E-state index contributed by atoms with van der Waals surface area (Å²) in [5.41, 5.74) is 1.85. The summed E-state index contributed by atoms with van der Waals surface area (Å²) in [6.07, 6.45) is 0. The minimum absolute atomic E-state index is 0.104. The molecule has 0 bridgehead atoms. The normalized spacial score (nSPS) is 10.9. The largest absolute Gasteiger partial charge is 0.507 e. The van der Waals surface area contributed by atoms with Gasteiger partial charge in [0.15, 0.2) is 0 Å². The van der Waals surface area contributed by atoms with Crippen molar-refractivity contribution in [3.05, 3.63) is 40.4 Å². The molecule has 20 heavy (non-hydrogen) atoms. The molecule has 0 saturated heterocycles. The van der Waals surface area contributed by atoms with E-state index in [9.17, 15) is 5.11 Å². The number of nitrogens with zero attached hydrogens (tertiary/aromatic N) is 1. The first kappa shape index (κ1) is 13.1. The van der Waals surface area contributed by atoms with E-state index in [0.717, 1.165) is 0 Å². The van der Waals surface area contributed by atoms with Crippen molar-refractivity contribution < 1.29 is 9.84 Å². The Hall–Kier alpha value is -1.91. The molecule has 3 rings (SSSR count). The van der Waals surface area contributed by atoms with E-state index in [1.807, 2.05) is 0 Å². The zero-order valence-corrected chi connectivity index (χ0v) is 12.0. The van der Waals surface area contributed by atoms with Crippen molar-refractivity contribution >= 4 is 34.2 Å². The van der Waals surface area contributed by atoms with Gasteiger partial charge in [0.25, 0.3) is 0 Å². The Morgan fingerprint density at radius 1 is 1.20 bits per heavy atom. The molecule has 0 radical (unpaired) electrons. The summed E-state index contributed by atoms with van der Waals surface area (Å²) >= 11 is 12.1. The number of phenolic OH excluding ortho intramolecular Hbond substituents is 1. The number of halogens is 2. The van der Waals surface area contributed by atoms with E-state index in [2.05, 4.69) is 9.97 Å². The van der Waals surface area contributed by atoms with Crippen molar-refractivity contribution in [3.63, 3.8) is 0 Å². The number of ether oxygens (including phenoxy) is 1. The molecule has 102 valence electrons. The second-order valence-corrected chi connectivity index (χ2v) is 5.10. The number of benzene rings is 2. The lowest BCUT2D eigenvalue weighted by molar-refractivity contribution is 0.412. The minimum atomic E-state index is 0.104. The lowest BCUT2D eigenvalue weighted by atomic mass is 10.2. The van der Waals surface area contributed by atoms with Gasteiger partial charge >= 0.3 is 0 Å². The van der Waals surface area contributed by atoms with Gasteiger partial charge in [0.1, 0.15) is 22.8 Å². The average Bonchev–Trinajstić information content (AvgIpc) is 2.83. The molecule has 2 N–H and O–H groups in total. The molecule has 0 aliphatic carbocycles. The van der Waals surface area contributed by atoms with Crippen LogP contribution in [0.25, 0.3) is 22.4 Å². The maximum absolute atomic E-state index is 9.96. The van der Waals surface area contributed by atoms with Crippen LogP contribution in [0.15, 0.2) is 30.3 Å². The van der Waals surface area contributed by atoms with Crippen LogP contribution in [-0.4, -0.2) is 22.2 Å². The predicted octanol–water partition coefficient (Wildman–Crippen LogP) is 4.25. The third-order valence-corrected chi connectivity index (χ3v) is 3.47. The minimum Gasteiger partial charge on any atom is -0.507 e. The van der Waals surface area contributed by atoms with Gasteiger partial charge in [-0.15, -0.1) is 0 Å². The third kappa shape index (κ3) is 2.17. The monoisotopic (exact) mass is 308 g/mol. The molecule has 6 heteroatoms. The van der Waals surface area contributed by atoms with Crippen LogP contribution in [0.1, 0.15) is 0 Å². The molecule has 0 amide bonds. The fourth-order valence-corrected chi connectivity index (χ4v) is 2.54. The van der Waals surface area contributed by atoms with Gasteiger partial charge < -0.3 is 14.8 Å². The predicted molar refractivity (Wildman–Crippen MR) is 79.8 cm³/mol. The Kier molecular flexibility index (Phi) is 3.20. The molecule has 1 heterocycles. The lowest BCUT2D eigenvalue weighted by Crippen LogP contribution is -1.86. The Bertz CT molecular complexity index is 799. The number of aromatic amines is 1. The Balaban J connectivity index is 2.22. The van der Waals surface area contributed by atoms with E-state index in [1.54, 1.807) is 37.4 Å². The smallest absolute Gasteiger partial charge is 0.142 e. The van der Waals surface area contributed by atoms with Gasteiger partial charge in [-0.2, -0.15) is 0 Å². The molecule has 0 fully saturated rings. The SMILES string of the molecule is COc1ccc(O)c(-c2nc3c(Cl)cc(Cl)cc3[nH]2)c1. The van der Waals surface area contributed by atoms with Gasteiger partial charge in [0, 0.05) is 5.02 Å². The number of fused-ring (bicyclic) bond motifs is 1. The number of imidazole rings is 1.